The molecule has 5 nitrogen and oxygen atoms in total. The molecule has 0 aliphatic carbocycles. The molecule has 0 spiro atoms. The van der Waals surface area contributed by atoms with Gasteiger partial charge in [-0.05, 0) is 30.2 Å². The van der Waals surface area contributed by atoms with Gasteiger partial charge in [0.05, 0.1) is 10.9 Å². The minimum atomic E-state index is -0.0153. The summed E-state index contributed by atoms with van der Waals surface area (Å²) in [6.45, 7) is 1.18. The molecular formula is C18H18ClN3O2S. The molecule has 25 heavy (non-hydrogen) atoms. The van der Waals surface area contributed by atoms with Gasteiger partial charge in [0.15, 0.2) is 5.16 Å². The molecule has 130 valence electrons. The van der Waals surface area contributed by atoms with Gasteiger partial charge in [-0.3, -0.25) is 9.36 Å². The maximum Gasteiger partial charge on any atom is 0.262 e. The molecule has 0 N–H and O–H groups in total. The van der Waals surface area contributed by atoms with E-state index in [1.807, 2.05) is 30.3 Å². The fourth-order valence-electron chi connectivity index (χ4n) is 2.46. The number of pyridine rings is 1. The maximum atomic E-state index is 12.8. The van der Waals surface area contributed by atoms with Crippen LogP contribution in [0, 0.1) is 0 Å². The molecule has 0 atom stereocenters. The predicted octanol–water partition coefficient (Wildman–Crippen LogP) is 3.77. The van der Waals surface area contributed by atoms with Crippen LogP contribution in [-0.4, -0.2) is 28.3 Å². The molecule has 0 aliphatic rings. The first-order valence-corrected chi connectivity index (χ1v) is 9.27. The standard InChI is InChI=1S/C18H18ClN3O2S/c1-24-10-4-9-22-17(23)14-5-2-3-6-15(14)21-18(22)25-12-13-7-8-16(19)20-11-13/h2-3,5-8,11H,4,9-10,12H2,1H3. The minimum Gasteiger partial charge on any atom is -0.385 e. The molecule has 2 heterocycles. The van der Waals surface area contributed by atoms with Crippen molar-refractivity contribution in [1.82, 2.24) is 14.5 Å². The van der Waals surface area contributed by atoms with Crippen molar-refractivity contribution in [3.8, 4) is 0 Å². The molecular weight excluding hydrogens is 358 g/mol. The van der Waals surface area contributed by atoms with E-state index in [-0.39, 0.29) is 5.56 Å². The van der Waals surface area contributed by atoms with Crippen LogP contribution in [-0.2, 0) is 17.0 Å². The van der Waals surface area contributed by atoms with E-state index in [1.165, 1.54) is 11.8 Å². The number of ether oxygens (including phenoxy) is 1. The van der Waals surface area contributed by atoms with Crippen LogP contribution in [0.3, 0.4) is 0 Å². The Balaban J connectivity index is 1.91. The molecule has 1 aromatic carbocycles. The van der Waals surface area contributed by atoms with E-state index in [4.69, 9.17) is 16.3 Å². The number of para-hydroxylation sites is 1. The zero-order chi connectivity index (χ0) is 17.6. The van der Waals surface area contributed by atoms with Crippen molar-refractivity contribution in [2.24, 2.45) is 0 Å². The van der Waals surface area contributed by atoms with Crippen molar-refractivity contribution >= 4 is 34.3 Å². The van der Waals surface area contributed by atoms with Gasteiger partial charge in [0.25, 0.3) is 5.56 Å². The maximum absolute atomic E-state index is 12.8. The summed E-state index contributed by atoms with van der Waals surface area (Å²) < 4.78 is 6.84. The topological polar surface area (TPSA) is 57.0 Å². The zero-order valence-electron chi connectivity index (χ0n) is 13.8. The third-order valence-electron chi connectivity index (χ3n) is 3.71. The van der Waals surface area contributed by atoms with Gasteiger partial charge in [0, 0.05) is 32.2 Å². The molecule has 7 heteroatoms. The Morgan fingerprint density at radius 1 is 1.24 bits per heavy atom. The number of hydrogen-bond donors (Lipinski definition) is 0. The highest BCUT2D eigenvalue weighted by atomic mass is 35.5. The van der Waals surface area contributed by atoms with E-state index < -0.39 is 0 Å². The summed E-state index contributed by atoms with van der Waals surface area (Å²) in [4.78, 5) is 21.6. The number of methoxy groups -OCH3 is 1. The van der Waals surface area contributed by atoms with Gasteiger partial charge in [-0.25, -0.2) is 9.97 Å². The van der Waals surface area contributed by atoms with Gasteiger partial charge >= 0.3 is 0 Å². The van der Waals surface area contributed by atoms with E-state index in [0.717, 1.165) is 12.0 Å². The van der Waals surface area contributed by atoms with Crippen LogP contribution in [0.1, 0.15) is 12.0 Å². The van der Waals surface area contributed by atoms with Crippen LogP contribution < -0.4 is 5.56 Å². The SMILES string of the molecule is COCCCn1c(SCc2ccc(Cl)nc2)nc2ccccc2c1=O. The summed E-state index contributed by atoms with van der Waals surface area (Å²) >= 11 is 7.34. The number of aromatic nitrogens is 3. The molecule has 3 rings (SSSR count). The van der Waals surface area contributed by atoms with Gasteiger partial charge in [-0.2, -0.15) is 0 Å². The lowest BCUT2D eigenvalue weighted by Crippen LogP contribution is -2.24. The average molecular weight is 376 g/mol. The fraction of sp³-hybridized carbons (Fsp3) is 0.278. The Bertz CT molecular complexity index is 912. The highest BCUT2D eigenvalue weighted by molar-refractivity contribution is 7.98. The second-order valence-corrected chi connectivity index (χ2v) is 6.82. The molecule has 3 aromatic rings. The van der Waals surface area contributed by atoms with Crippen molar-refractivity contribution in [3.05, 3.63) is 63.7 Å². The second kappa shape index (κ2) is 8.47. The summed E-state index contributed by atoms with van der Waals surface area (Å²) in [7, 11) is 1.66. The summed E-state index contributed by atoms with van der Waals surface area (Å²) in [6, 6.07) is 11.1. The number of fused-ring (bicyclic) bond motifs is 1. The van der Waals surface area contributed by atoms with Crippen molar-refractivity contribution in [2.45, 2.75) is 23.9 Å². The predicted molar refractivity (Wildman–Crippen MR) is 101 cm³/mol. The minimum absolute atomic E-state index is 0.0153. The lowest BCUT2D eigenvalue weighted by Gasteiger charge is -2.13. The molecule has 0 saturated heterocycles. The first kappa shape index (κ1) is 17.9. The highest BCUT2D eigenvalue weighted by Gasteiger charge is 2.11. The number of hydrogen-bond acceptors (Lipinski definition) is 5. The smallest absolute Gasteiger partial charge is 0.262 e. The molecule has 0 amide bonds. The molecule has 0 bridgehead atoms. The van der Waals surface area contributed by atoms with Gasteiger partial charge < -0.3 is 4.74 Å². The largest absolute Gasteiger partial charge is 0.385 e. The third-order valence-corrected chi connectivity index (χ3v) is 4.98. The van der Waals surface area contributed by atoms with Crippen LogP contribution in [0.4, 0.5) is 0 Å². The lowest BCUT2D eigenvalue weighted by molar-refractivity contribution is 0.189. The second-order valence-electron chi connectivity index (χ2n) is 5.49. The lowest BCUT2D eigenvalue weighted by atomic mass is 10.2. The molecule has 0 radical (unpaired) electrons. The van der Waals surface area contributed by atoms with Crippen molar-refractivity contribution in [3.63, 3.8) is 0 Å². The van der Waals surface area contributed by atoms with Crippen LogP contribution in [0.25, 0.3) is 10.9 Å². The van der Waals surface area contributed by atoms with Gasteiger partial charge in [-0.1, -0.05) is 41.6 Å². The summed E-state index contributed by atoms with van der Waals surface area (Å²) in [5.74, 6) is 0.666. The number of rotatable bonds is 7. The fourth-order valence-corrected chi connectivity index (χ4v) is 3.53. The molecule has 0 fully saturated rings. The van der Waals surface area contributed by atoms with E-state index in [2.05, 4.69) is 9.97 Å². The molecule has 2 aromatic heterocycles. The number of thioether (sulfide) groups is 1. The van der Waals surface area contributed by atoms with Crippen LogP contribution in [0.2, 0.25) is 5.15 Å². The van der Waals surface area contributed by atoms with Gasteiger partial charge in [0.1, 0.15) is 5.15 Å². The summed E-state index contributed by atoms with van der Waals surface area (Å²) in [5.41, 5.74) is 1.73. The monoisotopic (exact) mass is 375 g/mol. The first-order chi connectivity index (χ1) is 12.2. The van der Waals surface area contributed by atoms with Gasteiger partial charge in [0.2, 0.25) is 0 Å². The Morgan fingerprint density at radius 3 is 2.84 bits per heavy atom. The number of benzene rings is 1. The van der Waals surface area contributed by atoms with Crippen molar-refractivity contribution in [1.29, 1.82) is 0 Å². The molecule has 0 saturated carbocycles. The molecule has 0 unspecified atom stereocenters. The summed E-state index contributed by atoms with van der Waals surface area (Å²) in [6.07, 6.45) is 2.50. The van der Waals surface area contributed by atoms with Crippen molar-refractivity contribution < 1.29 is 4.74 Å². The van der Waals surface area contributed by atoms with Crippen LogP contribution in [0.5, 0.6) is 0 Å². The van der Waals surface area contributed by atoms with Gasteiger partial charge in [-0.15, -0.1) is 0 Å². The number of nitrogens with zero attached hydrogens (tertiary/aromatic N) is 3. The quantitative estimate of drug-likeness (QED) is 0.272. The van der Waals surface area contributed by atoms with E-state index in [0.29, 0.717) is 40.1 Å². The molecule has 0 aliphatic heterocycles. The highest BCUT2D eigenvalue weighted by Crippen LogP contribution is 2.22. The van der Waals surface area contributed by atoms with E-state index in [1.54, 1.807) is 23.9 Å². The first-order valence-electron chi connectivity index (χ1n) is 7.91. The van der Waals surface area contributed by atoms with Crippen LogP contribution >= 0.6 is 23.4 Å². The third kappa shape index (κ3) is 4.39. The Morgan fingerprint density at radius 2 is 2.08 bits per heavy atom. The van der Waals surface area contributed by atoms with Crippen molar-refractivity contribution in [2.75, 3.05) is 13.7 Å². The Labute approximate surface area is 155 Å². The number of halogens is 1. The van der Waals surface area contributed by atoms with E-state index >= 15 is 0 Å². The zero-order valence-corrected chi connectivity index (χ0v) is 15.4. The normalized spacial score (nSPS) is 11.1. The Kier molecular flexibility index (Phi) is 6.07. The van der Waals surface area contributed by atoms with Crippen LogP contribution in [0.15, 0.2) is 52.5 Å². The summed E-state index contributed by atoms with van der Waals surface area (Å²) in [5, 5.41) is 1.81. The van der Waals surface area contributed by atoms with E-state index in [9.17, 15) is 4.79 Å². The average Bonchev–Trinajstić information content (AvgIpc) is 2.63. The Hall–Kier alpha value is -1.89.